The van der Waals surface area contributed by atoms with E-state index in [1.165, 1.54) is 5.56 Å². The number of ether oxygens (including phenoxy) is 2. The van der Waals surface area contributed by atoms with Crippen molar-refractivity contribution in [2.45, 2.75) is 11.8 Å². The summed E-state index contributed by atoms with van der Waals surface area (Å²) in [5.41, 5.74) is 2.25. The predicted octanol–water partition coefficient (Wildman–Crippen LogP) is 4.23. The summed E-state index contributed by atoms with van der Waals surface area (Å²) in [5, 5.41) is -0.0813. The summed E-state index contributed by atoms with van der Waals surface area (Å²) in [4.78, 5) is 0. The Hall–Kier alpha value is -1.67. The van der Waals surface area contributed by atoms with Crippen molar-refractivity contribution in [2.75, 3.05) is 14.2 Å². The van der Waals surface area contributed by atoms with Crippen molar-refractivity contribution in [2.24, 2.45) is 0 Å². The molecular formula is C16H17ClO2. The van der Waals surface area contributed by atoms with Crippen LogP contribution in [0.25, 0.3) is 0 Å². The molecule has 0 saturated carbocycles. The van der Waals surface area contributed by atoms with Gasteiger partial charge >= 0.3 is 0 Å². The Balaban J connectivity index is 2.17. The van der Waals surface area contributed by atoms with E-state index in [2.05, 4.69) is 12.1 Å². The average molecular weight is 277 g/mol. The third-order valence-corrected chi connectivity index (χ3v) is 3.43. The Bertz CT molecular complexity index is 526. The molecule has 0 spiro atoms. The quantitative estimate of drug-likeness (QED) is 0.761. The highest BCUT2D eigenvalue weighted by Crippen LogP contribution is 2.33. The Labute approximate surface area is 118 Å². The van der Waals surface area contributed by atoms with Gasteiger partial charge in [0.05, 0.1) is 19.6 Å². The predicted molar refractivity (Wildman–Crippen MR) is 78.3 cm³/mol. The van der Waals surface area contributed by atoms with E-state index in [1.807, 2.05) is 36.4 Å². The molecule has 0 aliphatic rings. The third-order valence-electron chi connectivity index (χ3n) is 3.03. The molecule has 1 atom stereocenters. The molecule has 0 aliphatic carbocycles. The topological polar surface area (TPSA) is 18.5 Å². The number of hydrogen-bond donors (Lipinski definition) is 0. The van der Waals surface area contributed by atoms with Crippen molar-refractivity contribution < 1.29 is 9.47 Å². The monoisotopic (exact) mass is 276 g/mol. The SMILES string of the molecule is COc1ccc(C(Cl)Cc2ccccc2)cc1OC. The minimum Gasteiger partial charge on any atom is -0.493 e. The molecule has 0 fully saturated rings. The highest BCUT2D eigenvalue weighted by atomic mass is 35.5. The zero-order valence-corrected chi connectivity index (χ0v) is 11.9. The lowest BCUT2D eigenvalue weighted by atomic mass is 10.0. The lowest BCUT2D eigenvalue weighted by molar-refractivity contribution is 0.354. The van der Waals surface area contributed by atoms with E-state index in [0.717, 1.165) is 17.7 Å². The third kappa shape index (κ3) is 3.42. The number of rotatable bonds is 5. The Morgan fingerprint density at radius 1 is 0.947 bits per heavy atom. The van der Waals surface area contributed by atoms with E-state index >= 15 is 0 Å². The second-order valence-corrected chi connectivity index (χ2v) is 4.80. The van der Waals surface area contributed by atoms with Gasteiger partial charge in [0.1, 0.15) is 0 Å². The summed E-state index contributed by atoms with van der Waals surface area (Å²) in [6.45, 7) is 0. The van der Waals surface area contributed by atoms with Crippen molar-refractivity contribution in [1.82, 2.24) is 0 Å². The number of hydrogen-bond acceptors (Lipinski definition) is 2. The van der Waals surface area contributed by atoms with Gasteiger partial charge in [-0.15, -0.1) is 11.6 Å². The minimum absolute atomic E-state index is 0.0813. The fourth-order valence-corrected chi connectivity index (χ4v) is 2.30. The molecule has 3 heteroatoms. The van der Waals surface area contributed by atoms with Gasteiger partial charge in [-0.25, -0.2) is 0 Å². The van der Waals surface area contributed by atoms with Gasteiger partial charge in [-0.2, -0.15) is 0 Å². The first-order chi connectivity index (χ1) is 9.24. The van der Waals surface area contributed by atoms with Crippen molar-refractivity contribution in [1.29, 1.82) is 0 Å². The summed E-state index contributed by atoms with van der Waals surface area (Å²) in [6.07, 6.45) is 0.790. The second-order valence-electron chi connectivity index (χ2n) is 4.27. The van der Waals surface area contributed by atoms with E-state index in [-0.39, 0.29) is 5.38 Å². The van der Waals surface area contributed by atoms with Gasteiger partial charge in [-0.3, -0.25) is 0 Å². The molecule has 1 unspecified atom stereocenters. The molecule has 0 aromatic heterocycles. The van der Waals surface area contributed by atoms with E-state index in [4.69, 9.17) is 21.1 Å². The number of alkyl halides is 1. The van der Waals surface area contributed by atoms with Crippen LogP contribution in [0.15, 0.2) is 48.5 Å². The second kappa shape index (κ2) is 6.48. The van der Waals surface area contributed by atoms with Crippen LogP contribution in [-0.4, -0.2) is 14.2 Å². The maximum atomic E-state index is 6.47. The summed E-state index contributed by atoms with van der Waals surface area (Å²) >= 11 is 6.47. The van der Waals surface area contributed by atoms with Crippen LogP contribution in [0.5, 0.6) is 11.5 Å². The molecule has 0 bridgehead atoms. The minimum atomic E-state index is -0.0813. The normalized spacial score (nSPS) is 11.9. The van der Waals surface area contributed by atoms with Crippen LogP contribution in [0.1, 0.15) is 16.5 Å². The fraction of sp³-hybridized carbons (Fsp3) is 0.250. The van der Waals surface area contributed by atoms with E-state index in [1.54, 1.807) is 14.2 Å². The molecular weight excluding hydrogens is 260 g/mol. The molecule has 0 amide bonds. The smallest absolute Gasteiger partial charge is 0.161 e. The van der Waals surface area contributed by atoms with Crippen LogP contribution in [0.2, 0.25) is 0 Å². The maximum absolute atomic E-state index is 6.47. The van der Waals surface area contributed by atoms with Crippen LogP contribution < -0.4 is 9.47 Å². The first kappa shape index (κ1) is 13.8. The van der Waals surface area contributed by atoms with E-state index in [9.17, 15) is 0 Å². The lowest BCUT2D eigenvalue weighted by Gasteiger charge is -2.13. The summed E-state index contributed by atoms with van der Waals surface area (Å²) in [6, 6.07) is 16.0. The Morgan fingerprint density at radius 3 is 2.26 bits per heavy atom. The molecule has 2 rings (SSSR count). The highest BCUT2D eigenvalue weighted by Gasteiger charge is 2.12. The number of benzene rings is 2. The van der Waals surface area contributed by atoms with Gasteiger partial charge in [0.25, 0.3) is 0 Å². The zero-order chi connectivity index (χ0) is 13.7. The maximum Gasteiger partial charge on any atom is 0.161 e. The summed E-state index contributed by atoms with van der Waals surface area (Å²) in [7, 11) is 3.25. The molecule has 0 aliphatic heterocycles. The van der Waals surface area contributed by atoms with Crippen LogP contribution in [0.3, 0.4) is 0 Å². The Morgan fingerprint density at radius 2 is 1.63 bits per heavy atom. The largest absolute Gasteiger partial charge is 0.493 e. The molecule has 19 heavy (non-hydrogen) atoms. The van der Waals surface area contributed by atoms with Crippen molar-refractivity contribution in [3.05, 3.63) is 59.7 Å². The lowest BCUT2D eigenvalue weighted by Crippen LogP contribution is -1.98. The van der Waals surface area contributed by atoms with E-state index in [0.29, 0.717) is 5.75 Å². The average Bonchev–Trinajstić information content (AvgIpc) is 2.47. The van der Waals surface area contributed by atoms with Crippen molar-refractivity contribution in [3.8, 4) is 11.5 Å². The molecule has 2 nitrogen and oxygen atoms in total. The van der Waals surface area contributed by atoms with Crippen LogP contribution in [-0.2, 0) is 6.42 Å². The van der Waals surface area contributed by atoms with Gasteiger partial charge < -0.3 is 9.47 Å². The van der Waals surface area contributed by atoms with Gasteiger partial charge in [0.2, 0.25) is 0 Å². The standard InChI is InChI=1S/C16H17ClO2/c1-18-15-9-8-13(11-16(15)19-2)14(17)10-12-6-4-3-5-7-12/h3-9,11,14H,10H2,1-2H3. The highest BCUT2D eigenvalue weighted by molar-refractivity contribution is 6.21. The fourth-order valence-electron chi connectivity index (χ4n) is 1.99. The molecule has 2 aromatic rings. The van der Waals surface area contributed by atoms with Gasteiger partial charge in [-0.1, -0.05) is 36.4 Å². The molecule has 2 aromatic carbocycles. The van der Waals surface area contributed by atoms with Crippen molar-refractivity contribution in [3.63, 3.8) is 0 Å². The number of methoxy groups -OCH3 is 2. The number of halogens is 1. The van der Waals surface area contributed by atoms with Crippen molar-refractivity contribution >= 4 is 11.6 Å². The molecule has 100 valence electrons. The summed E-state index contributed by atoms with van der Waals surface area (Å²) < 4.78 is 10.5. The Kier molecular flexibility index (Phi) is 4.69. The van der Waals surface area contributed by atoms with E-state index < -0.39 is 0 Å². The molecule has 0 saturated heterocycles. The first-order valence-corrected chi connectivity index (χ1v) is 6.58. The first-order valence-electron chi connectivity index (χ1n) is 6.14. The van der Waals surface area contributed by atoms with Gasteiger partial charge in [-0.05, 0) is 29.7 Å². The van der Waals surface area contributed by atoms with Gasteiger partial charge in [0, 0.05) is 0 Å². The van der Waals surface area contributed by atoms with Crippen LogP contribution in [0, 0.1) is 0 Å². The van der Waals surface area contributed by atoms with Crippen LogP contribution in [0.4, 0.5) is 0 Å². The summed E-state index contributed by atoms with van der Waals surface area (Å²) in [5.74, 6) is 1.42. The van der Waals surface area contributed by atoms with Gasteiger partial charge in [0.15, 0.2) is 11.5 Å². The zero-order valence-electron chi connectivity index (χ0n) is 11.1. The molecule has 0 radical (unpaired) electrons. The van der Waals surface area contributed by atoms with Crippen LogP contribution >= 0.6 is 11.6 Å². The molecule has 0 N–H and O–H groups in total. The molecule has 0 heterocycles.